The van der Waals surface area contributed by atoms with Crippen LogP contribution < -0.4 is 24.5 Å². The SMILES string of the molecule is CN(C)c1c[c-]c(-n2cc(C#N)cn2)c(N(C)C)c1.CN(C)c1cc[c-]c(-n2cccn2)c1.CN(C)c1ccc[c-]c1-n1cccn1.Cc1cc(C)n(-c2[c-]cc(N(C)C)cc2)n1.[Ir].[Ir].[Pt].[Pt]. The van der Waals surface area contributed by atoms with Crippen molar-refractivity contribution in [2.75, 3.05) is 95.0 Å². The van der Waals surface area contributed by atoms with Gasteiger partial charge in [-0.1, -0.05) is 17.1 Å². The van der Waals surface area contributed by atoms with Gasteiger partial charge in [-0.15, -0.1) is 36.4 Å². The predicted octanol–water partition coefficient (Wildman–Crippen LogP) is 7.50. The fraction of sp³-hybridized carbons (Fsp3) is 0.245. The smallest absolute Gasteiger partial charge is 0.102 e. The van der Waals surface area contributed by atoms with Crippen molar-refractivity contribution in [3.8, 4) is 28.8 Å². The van der Waals surface area contributed by atoms with Crippen LogP contribution in [0.25, 0.3) is 22.7 Å². The average Bonchev–Trinajstić information content (AvgIpc) is 4.13. The number of nitriles is 1. The van der Waals surface area contributed by atoms with Crippen LogP contribution in [-0.2, 0) is 82.3 Å². The third-order valence-corrected chi connectivity index (χ3v) is 9.42. The second-order valence-electron chi connectivity index (χ2n) is 15.4. The van der Waals surface area contributed by atoms with E-state index in [0.29, 0.717) is 5.56 Å². The monoisotopic (exact) mass is 1620 g/mol. The molecule has 0 amide bonds. The average molecular weight is 1620 g/mol. The third-order valence-electron chi connectivity index (χ3n) is 9.42. The van der Waals surface area contributed by atoms with E-state index < -0.39 is 0 Å². The van der Waals surface area contributed by atoms with Gasteiger partial charge in [0.05, 0.1) is 17.5 Å². The van der Waals surface area contributed by atoms with Crippen LogP contribution in [0, 0.1) is 49.4 Å². The van der Waals surface area contributed by atoms with Gasteiger partial charge in [0.2, 0.25) is 0 Å². The van der Waals surface area contributed by atoms with Gasteiger partial charge in [-0.25, -0.2) is 0 Å². The predicted molar refractivity (Wildman–Crippen MR) is 255 cm³/mol. The summed E-state index contributed by atoms with van der Waals surface area (Å²) in [7, 11) is 20.0. The zero-order chi connectivity index (χ0) is 45.6. The maximum atomic E-state index is 8.86. The Hall–Kier alpha value is -5.11. The molecule has 2 radical (unpaired) electrons. The molecule has 0 N–H and O–H groups in total. The number of aromatic nitrogens is 8. The summed E-state index contributed by atoms with van der Waals surface area (Å²) in [6.45, 7) is 4.05. The number of aryl methyl sites for hydroxylation is 2. The summed E-state index contributed by atoms with van der Waals surface area (Å²) in [4.78, 5) is 10.2. The Labute approximate surface area is 452 Å². The molecule has 8 rings (SSSR count). The van der Waals surface area contributed by atoms with Crippen molar-refractivity contribution in [1.82, 2.24) is 39.1 Å². The maximum absolute atomic E-state index is 8.86. The second kappa shape index (κ2) is 28.9. The van der Waals surface area contributed by atoms with Crippen LogP contribution >= 0.6 is 0 Å². The van der Waals surface area contributed by atoms with Crippen LogP contribution in [0.15, 0.2) is 122 Å². The van der Waals surface area contributed by atoms with Crippen LogP contribution in [0.4, 0.5) is 28.4 Å². The van der Waals surface area contributed by atoms with Gasteiger partial charge in [0.1, 0.15) is 6.07 Å². The molecule has 67 heavy (non-hydrogen) atoms. The first-order valence-electron chi connectivity index (χ1n) is 20.1. The van der Waals surface area contributed by atoms with Crippen molar-refractivity contribution in [2.24, 2.45) is 0 Å². The Morgan fingerprint density at radius 3 is 1.67 bits per heavy atom. The summed E-state index contributed by atoms with van der Waals surface area (Å²) in [6.07, 6.45) is 10.6. The van der Waals surface area contributed by atoms with Crippen LogP contribution in [-0.4, -0.2) is 110 Å². The van der Waals surface area contributed by atoms with Gasteiger partial charge in [0.25, 0.3) is 0 Å². The molecule has 0 fully saturated rings. The Morgan fingerprint density at radius 2 is 1.16 bits per heavy atom. The van der Waals surface area contributed by atoms with Crippen molar-refractivity contribution in [2.45, 2.75) is 13.8 Å². The van der Waals surface area contributed by atoms with Gasteiger partial charge in [-0.05, 0) is 123 Å². The number of anilines is 5. The minimum absolute atomic E-state index is 0. The molecule has 4 aromatic heterocycles. The quantitative estimate of drug-likeness (QED) is 0.135. The van der Waals surface area contributed by atoms with Gasteiger partial charge >= 0.3 is 0 Å². The summed E-state index contributed by atoms with van der Waals surface area (Å²) < 4.78 is 7.20. The first-order chi connectivity index (χ1) is 30.2. The Kier molecular flexibility index (Phi) is 25.9. The van der Waals surface area contributed by atoms with E-state index in [0.717, 1.165) is 62.6 Å². The Morgan fingerprint density at radius 1 is 0.552 bits per heavy atom. The molecule has 0 atom stereocenters. The minimum Gasteiger partial charge on any atom is -0.429 e. The number of nitrogens with zero attached hydrogens (tertiary/aromatic N) is 14. The topological polar surface area (TPSA) is 111 Å². The zero-order valence-corrected chi connectivity index (χ0v) is 48.9. The Balaban J connectivity index is 0.000000441. The van der Waals surface area contributed by atoms with Gasteiger partial charge in [-0.3, -0.25) is 18.7 Å². The molecule has 0 saturated heterocycles. The number of hydrogen-bond acceptors (Lipinski definition) is 10. The van der Waals surface area contributed by atoms with E-state index in [1.54, 1.807) is 34.2 Å². The van der Waals surface area contributed by atoms with Crippen molar-refractivity contribution < 1.29 is 82.3 Å². The van der Waals surface area contributed by atoms with Crippen molar-refractivity contribution in [3.05, 3.63) is 163 Å². The second-order valence-corrected chi connectivity index (χ2v) is 15.4. The van der Waals surface area contributed by atoms with E-state index in [4.69, 9.17) is 5.26 Å². The normalized spacial score (nSPS) is 9.60. The van der Waals surface area contributed by atoms with Crippen molar-refractivity contribution >= 4 is 28.4 Å². The third kappa shape index (κ3) is 16.9. The summed E-state index contributed by atoms with van der Waals surface area (Å²) in [5, 5.41) is 25.8. The molecule has 0 aliphatic carbocycles. The molecule has 0 unspecified atom stereocenters. The van der Waals surface area contributed by atoms with Crippen LogP contribution in [0.1, 0.15) is 17.0 Å². The molecular weight excluding hydrogens is 1560 g/mol. The molecule has 0 aliphatic rings. The van der Waals surface area contributed by atoms with Crippen LogP contribution in [0.2, 0.25) is 0 Å². The molecule has 0 spiro atoms. The fourth-order valence-electron chi connectivity index (χ4n) is 6.07. The minimum atomic E-state index is 0. The first-order valence-corrected chi connectivity index (χ1v) is 20.1. The molecular formula is C49H56Ir2N14Pt2-4. The summed E-state index contributed by atoms with van der Waals surface area (Å²) in [6, 6.07) is 42.7. The number of hydrogen-bond donors (Lipinski definition) is 0. The molecule has 0 aliphatic heterocycles. The van der Waals surface area contributed by atoms with Gasteiger partial charge in [0.15, 0.2) is 0 Å². The van der Waals surface area contributed by atoms with Crippen molar-refractivity contribution in [3.63, 3.8) is 0 Å². The van der Waals surface area contributed by atoms with E-state index in [-0.39, 0.29) is 82.3 Å². The van der Waals surface area contributed by atoms with E-state index >= 15 is 0 Å². The summed E-state index contributed by atoms with van der Waals surface area (Å²) in [5.74, 6) is 0. The van der Waals surface area contributed by atoms with Crippen LogP contribution in [0.5, 0.6) is 0 Å². The number of para-hydroxylation sites is 1. The fourth-order valence-corrected chi connectivity index (χ4v) is 6.07. The first kappa shape index (κ1) is 59.9. The zero-order valence-electron chi connectivity index (χ0n) is 39.6. The van der Waals surface area contributed by atoms with E-state index in [2.05, 4.69) is 78.7 Å². The van der Waals surface area contributed by atoms with Gasteiger partial charge in [-0.2, -0.15) is 80.3 Å². The molecule has 0 bridgehead atoms. The maximum Gasteiger partial charge on any atom is 0.102 e. The number of benzene rings is 4. The molecule has 14 nitrogen and oxygen atoms in total. The molecule has 4 heterocycles. The van der Waals surface area contributed by atoms with Gasteiger partial charge < -0.3 is 24.5 Å². The Bertz CT molecular complexity index is 2670. The summed E-state index contributed by atoms with van der Waals surface area (Å²) in [5.41, 5.74) is 11.9. The molecule has 18 heteroatoms. The largest absolute Gasteiger partial charge is 0.429 e. The molecule has 0 saturated carbocycles. The van der Waals surface area contributed by atoms with E-state index in [1.807, 2.05) is 188 Å². The molecule has 4 aromatic carbocycles. The standard InChI is InChI=1S/C14H16N5.C13H16N3.2C11H12N3.2Ir.2Pt/c1-17(2)12-5-6-13(14(7-12)18(3)4)19-10-11(8-15)9-16-19;1-10-9-11(2)16(14-10)13-7-5-12(6-8-13)15(3)4;1-13(2)10-5-3-6-11(9-10)14-8-4-7-12-14;1-13(2)10-6-3-4-7-11(10)14-9-5-8-12-14;;;;/h5,7,9-10H,1-4H3;5-7,9H,1-4H3;3-5,7-9H,1-2H3;3-6,8-9H,1-2H3;;;;/q4*-1;;;;. The van der Waals surface area contributed by atoms with Crippen LogP contribution in [0.3, 0.4) is 0 Å². The van der Waals surface area contributed by atoms with Crippen molar-refractivity contribution in [1.29, 1.82) is 5.26 Å². The molecule has 364 valence electrons. The number of rotatable bonds is 9. The van der Waals surface area contributed by atoms with E-state index in [1.165, 1.54) is 0 Å². The summed E-state index contributed by atoms with van der Waals surface area (Å²) >= 11 is 0. The van der Waals surface area contributed by atoms with Gasteiger partial charge in [0, 0.05) is 133 Å². The molecule has 8 aromatic rings. The van der Waals surface area contributed by atoms with E-state index in [9.17, 15) is 0 Å².